The minimum atomic E-state index is 0.269. The number of furan rings is 1. The topological polar surface area (TPSA) is 37.6 Å². The highest BCUT2D eigenvalue weighted by atomic mass is 16.5. The van der Waals surface area contributed by atoms with E-state index in [2.05, 4.69) is 59.6 Å². The first-order valence-corrected chi connectivity index (χ1v) is 8.88. The number of morpholine rings is 1. The van der Waals surface area contributed by atoms with Gasteiger partial charge in [-0.1, -0.05) is 37.3 Å². The molecule has 130 valence electrons. The lowest BCUT2D eigenvalue weighted by Crippen LogP contribution is -2.43. The fraction of sp³-hybridized carbons (Fsp3) is 0.500. The molecule has 0 amide bonds. The van der Waals surface area contributed by atoms with Gasteiger partial charge in [0, 0.05) is 26.2 Å². The van der Waals surface area contributed by atoms with Crippen LogP contribution in [0, 0.1) is 6.92 Å². The Morgan fingerprint density at radius 3 is 2.46 bits per heavy atom. The smallest absolute Gasteiger partial charge is 0.122 e. The van der Waals surface area contributed by atoms with Crippen molar-refractivity contribution < 1.29 is 9.15 Å². The van der Waals surface area contributed by atoms with Gasteiger partial charge in [-0.2, -0.15) is 0 Å². The summed E-state index contributed by atoms with van der Waals surface area (Å²) in [4.78, 5) is 2.46. The second kappa shape index (κ2) is 8.47. The van der Waals surface area contributed by atoms with Gasteiger partial charge in [0.1, 0.15) is 11.5 Å². The molecule has 4 nitrogen and oxygen atoms in total. The fourth-order valence-electron chi connectivity index (χ4n) is 3.27. The maximum absolute atomic E-state index is 5.92. The average Bonchev–Trinajstić information content (AvgIpc) is 3.06. The number of hydrogen-bond acceptors (Lipinski definition) is 4. The fourth-order valence-corrected chi connectivity index (χ4v) is 3.27. The summed E-state index contributed by atoms with van der Waals surface area (Å²) < 4.78 is 11.4. The molecule has 2 atom stereocenters. The van der Waals surface area contributed by atoms with Crippen LogP contribution in [-0.2, 0) is 4.74 Å². The van der Waals surface area contributed by atoms with Crippen molar-refractivity contribution in [2.24, 2.45) is 0 Å². The van der Waals surface area contributed by atoms with Crippen LogP contribution in [0.4, 0.5) is 0 Å². The van der Waals surface area contributed by atoms with Crippen LogP contribution in [0.3, 0.4) is 0 Å². The third-order valence-electron chi connectivity index (χ3n) is 4.73. The largest absolute Gasteiger partial charge is 0.465 e. The van der Waals surface area contributed by atoms with Crippen molar-refractivity contribution in [3.63, 3.8) is 0 Å². The van der Waals surface area contributed by atoms with E-state index in [1.165, 1.54) is 5.56 Å². The Labute approximate surface area is 144 Å². The summed E-state index contributed by atoms with van der Waals surface area (Å²) in [6.07, 6.45) is 0. The molecule has 0 radical (unpaired) electrons. The summed E-state index contributed by atoms with van der Waals surface area (Å²) in [5.74, 6) is 2.52. The standard InChI is InChI=1S/C20H28N2O2/c1-16(18-6-4-3-5-7-18)14-21-15-19(20-9-8-17(2)24-20)22-10-12-23-13-11-22/h3-9,16,19,21H,10-15H2,1-2H3. The molecule has 3 rings (SSSR count). The van der Waals surface area contributed by atoms with Crippen LogP contribution < -0.4 is 5.32 Å². The monoisotopic (exact) mass is 328 g/mol. The molecule has 4 heteroatoms. The first-order valence-electron chi connectivity index (χ1n) is 8.88. The Morgan fingerprint density at radius 2 is 1.79 bits per heavy atom. The maximum atomic E-state index is 5.92. The summed E-state index contributed by atoms with van der Waals surface area (Å²) in [6, 6.07) is 15.1. The molecule has 0 aliphatic carbocycles. The van der Waals surface area contributed by atoms with Crippen molar-refractivity contribution in [1.29, 1.82) is 0 Å². The quantitative estimate of drug-likeness (QED) is 0.846. The van der Waals surface area contributed by atoms with Crippen LogP contribution in [0.25, 0.3) is 0 Å². The third kappa shape index (κ3) is 4.47. The molecular formula is C20H28N2O2. The zero-order chi connectivity index (χ0) is 16.8. The second-order valence-electron chi connectivity index (χ2n) is 6.58. The number of hydrogen-bond donors (Lipinski definition) is 1. The third-order valence-corrected chi connectivity index (χ3v) is 4.73. The number of ether oxygens (including phenoxy) is 1. The SMILES string of the molecule is Cc1ccc(C(CNCC(C)c2ccccc2)N2CCOCC2)o1. The summed E-state index contributed by atoms with van der Waals surface area (Å²) in [6.45, 7) is 9.65. The number of aryl methyl sites for hydroxylation is 1. The molecule has 1 aromatic carbocycles. The maximum Gasteiger partial charge on any atom is 0.122 e. The number of nitrogens with one attached hydrogen (secondary N) is 1. The number of nitrogens with zero attached hydrogens (tertiary/aromatic N) is 1. The lowest BCUT2D eigenvalue weighted by Gasteiger charge is -2.33. The van der Waals surface area contributed by atoms with Crippen LogP contribution in [-0.4, -0.2) is 44.3 Å². The van der Waals surface area contributed by atoms with Crippen molar-refractivity contribution in [2.75, 3.05) is 39.4 Å². The Bertz CT molecular complexity index is 605. The van der Waals surface area contributed by atoms with Gasteiger partial charge in [-0.3, -0.25) is 4.90 Å². The van der Waals surface area contributed by atoms with Crippen molar-refractivity contribution in [2.45, 2.75) is 25.8 Å². The molecule has 1 aliphatic rings. The van der Waals surface area contributed by atoms with Gasteiger partial charge >= 0.3 is 0 Å². The van der Waals surface area contributed by atoms with Gasteiger partial charge < -0.3 is 14.5 Å². The summed E-state index contributed by atoms with van der Waals surface area (Å²) >= 11 is 0. The second-order valence-corrected chi connectivity index (χ2v) is 6.58. The lowest BCUT2D eigenvalue weighted by molar-refractivity contribution is 0.0115. The number of rotatable bonds is 7. The molecule has 0 bridgehead atoms. The van der Waals surface area contributed by atoms with E-state index in [0.717, 1.165) is 50.9 Å². The van der Waals surface area contributed by atoms with E-state index in [-0.39, 0.29) is 6.04 Å². The highest BCUT2D eigenvalue weighted by Crippen LogP contribution is 2.23. The van der Waals surface area contributed by atoms with Crippen LogP contribution in [0.5, 0.6) is 0 Å². The molecule has 1 saturated heterocycles. The Balaban J connectivity index is 1.59. The van der Waals surface area contributed by atoms with E-state index in [0.29, 0.717) is 5.92 Å². The van der Waals surface area contributed by atoms with Crippen molar-refractivity contribution in [3.05, 3.63) is 59.5 Å². The van der Waals surface area contributed by atoms with Gasteiger partial charge in [0.15, 0.2) is 0 Å². The van der Waals surface area contributed by atoms with E-state index in [1.54, 1.807) is 0 Å². The minimum Gasteiger partial charge on any atom is -0.465 e. The molecule has 0 spiro atoms. The summed E-state index contributed by atoms with van der Waals surface area (Å²) in [5, 5.41) is 3.65. The molecule has 1 aliphatic heterocycles. The molecule has 0 saturated carbocycles. The number of benzene rings is 1. The molecule has 1 N–H and O–H groups in total. The van der Waals surface area contributed by atoms with Gasteiger partial charge in [0.05, 0.1) is 19.3 Å². The van der Waals surface area contributed by atoms with Crippen LogP contribution in [0.2, 0.25) is 0 Å². The summed E-state index contributed by atoms with van der Waals surface area (Å²) in [5.41, 5.74) is 1.38. The van der Waals surface area contributed by atoms with Gasteiger partial charge in [-0.25, -0.2) is 0 Å². The van der Waals surface area contributed by atoms with Crippen molar-refractivity contribution in [3.8, 4) is 0 Å². The minimum absolute atomic E-state index is 0.269. The van der Waals surface area contributed by atoms with E-state index in [1.807, 2.05) is 6.92 Å². The first kappa shape index (κ1) is 17.2. The zero-order valence-corrected chi connectivity index (χ0v) is 14.7. The molecule has 2 unspecified atom stereocenters. The average molecular weight is 328 g/mol. The normalized spacial score (nSPS) is 18.4. The van der Waals surface area contributed by atoms with Gasteiger partial charge in [0.2, 0.25) is 0 Å². The van der Waals surface area contributed by atoms with E-state index in [4.69, 9.17) is 9.15 Å². The highest BCUT2D eigenvalue weighted by Gasteiger charge is 2.25. The lowest BCUT2D eigenvalue weighted by atomic mass is 10.0. The first-order chi connectivity index (χ1) is 11.7. The zero-order valence-electron chi connectivity index (χ0n) is 14.7. The van der Waals surface area contributed by atoms with E-state index < -0.39 is 0 Å². The Kier molecular flexibility index (Phi) is 6.07. The van der Waals surface area contributed by atoms with E-state index in [9.17, 15) is 0 Å². The molecule has 1 fully saturated rings. The van der Waals surface area contributed by atoms with Crippen LogP contribution in [0.1, 0.15) is 36.0 Å². The van der Waals surface area contributed by atoms with Gasteiger partial charge in [-0.05, 0) is 30.5 Å². The van der Waals surface area contributed by atoms with Crippen molar-refractivity contribution >= 4 is 0 Å². The Hall–Kier alpha value is -1.62. The molecule has 1 aromatic heterocycles. The van der Waals surface area contributed by atoms with Gasteiger partial charge in [-0.15, -0.1) is 0 Å². The van der Waals surface area contributed by atoms with Gasteiger partial charge in [0.25, 0.3) is 0 Å². The van der Waals surface area contributed by atoms with Crippen LogP contribution in [0.15, 0.2) is 46.9 Å². The predicted octanol–water partition coefficient (Wildman–Crippen LogP) is 3.35. The van der Waals surface area contributed by atoms with E-state index >= 15 is 0 Å². The molecule has 2 aromatic rings. The van der Waals surface area contributed by atoms with Crippen LogP contribution >= 0.6 is 0 Å². The summed E-state index contributed by atoms with van der Waals surface area (Å²) in [7, 11) is 0. The highest BCUT2D eigenvalue weighted by molar-refractivity contribution is 5.19. The predicted molar refractivity (Wildman–Crippen MR) is 96.3 cm³/mol. The molecular weight excluding hydrogens is 300 g/mol. The molecule has 2 heterocycles. The van der Waals surface area contributed by atoms with Crippen molar-refractivity contribution in [1.82, 2.24) is 10.2 Å². The Morgan fingerprint density at radius 1 is 1.04 bits per heavy atom. The molecule has 24 heavy (non-hydrogen) atoms.